The Morgan fingerprint density at radius 2 is 1.97 bits per heavy atom. The number of hydrogen-bond donors (Lipinski definition) is 0. The highest BCUT2D eigenvalue weighted by atomic mass is 16.5. The predicted molar refractivity (Wildman–Crippen MR) is 130 cm³/mol. The van der Waals surface area contributed by atoms with Crippen molar-refractivity contribution in [3.05, 3.63) is 105 Å². The average Bonchev–Trinajstić information content (AvgIpc) is 3.58. The number of carbonyl (C=O) groups excluding carboxylic acids is 2. The van der Waals surface area contributed by atoms with E-state index in [-0.39, 0.29) is 17.0 Å². The van der Waals surface area contributed by atoms with Gasteiger partial charge < -0.3 is 4.74 Å². The van der Waals surface area contributed by atoms with E-state index in [2.05, 4.69) is 38.3 Å². The minimum atomic E-state index is -0.274. The fraction of sp³-hybridized carbons (Fsp3) is 0.267. The maximum absolute atomic E-state index is 12.5. The van der Waals surface area contributed by atoms with E-state index in [0.717, 1.165) is 63.1 Å². The third-order valence-corrected chi connectivity index (χ3v) is 7.44. The molecule has 2 aromatic carbocycles. The number of ketones is 2. The van der Waals surface area contributed by atoms with Gasteiger partial charge in [0.1, 0.15) is 12.4 Å². The molecule has 3 aliphatic carbocycles. The van der Waals surface area contributed by atoms with E-state index in [9.17, 15) is 9.59 Å². The van der Waals surface area contributed by atoms with Gasteiger partial charge in [-0.1, -0.05) is 43.9 Å². The number of allylic oxidation sites excluding steroid dienone is 5. The van der Waals surface area contributed by atoms with Crippen LogP contribution >= 0.6 is 0 Å². The molecule has 3 heteroatoms. The van der Waals surface area contributed by atoms with Crippen LogP contribution in [0.15, 0.2) is 65.9 Å². The van der Waals surface area contributed by atoms with Gasteiger partial charge in [0.25, 0.3) is 0 Å². The lowest BCUT2D eigenvalue weighted by Crippen LogP contribution is -2.24. The summed E-state index contributed by atoms with van der Waals surface area (Å²) < 4.78 is 6.17. The van der Waals surface area contributed by atoms with Crippen molar-refractivity contribution in [2.24, 2.45) is 5.41 Å². The van der Waals surface area contributed by atoms with Crippen molar-refractivity contribution in [1.82, 2.24) is 0 Å². The van der Waals surface area contributed by atoms with Crippen LogP contribution in [0.3, 0.4) is 0 Å². The highest BCUT2D eigenvalue weighted by molar-refractivity contribution is 6.20. The van der Waals surface area contributed by atoms with E-state index >= 15 is 0 Å². The van der Waals surface area contributed by atoms with Gasteiger partial charge in [0, 0.05) is 28.0 Å². The molecule has 1 atom stereocenters. The molecule has 3 aliphatic rings. The number of benzene rings is 2. The summed E-state index contributed by atoms with van der Waals surface area (Å²) in [5.41, 5.74) is 11.6. The van der Waals surface area contributed by atoms with Crippen molar-refractivity contribution >= 4 is 17.1 Å². The van der Waals surface area contributed by atoms with E-state index < -0.39 is 0 Å². The molecule has 0 aliphatic heterocycles. The molecular formula is C30H27O3. The maximum Gasteiger partial charge on any atom is 0.189 e. The molecule has 0 aromatic heterocycles. The van der Waals surface area contributed by atoms with Crippen LogP contribution in [-0.2, 0) is 24.2 Å². The Hall–Kier alpha value is -3.42. The van der Waals surface area contributed by atoms with Gasteiger partial charge in [-0.05, 0) is 79.1 Å². The molecule has 0 saturated heterocycles. The summed E-state index contributed by atoms with van der Waals surface area (Å²) in [6.45, 7) is 12.0. The van der Waals surface area contributed by atoms with Gasteiger partial charge in [-0.2, -0.15) is 0 Å². The molecule has 0 N–H and O–H groups in total. The Labute approximate surface area is 195 Å². The lowest BCUT2D eigenvalue weighted by molar-refractivity contribution is -0.111. The molecule has 165 valence electrons. The second-order valence-corrected chi connectivity index (χ2v) is 9.58. The second kappa shape index (κ2) is 7.57. The summed E-state index contributed by atoms with van der Waals surface area (Å²) in [6, 6.07) is 9.93. The van der Waals surface area contributed by atoms with Crippen LogP contribution in [-0.4, -0.2) is 11.6 Å². The molecule has 33 heavy (non-hydrogen) atoms. The van der Waals surface area contributed by atoms with Crippen molar-refractivity contribution in [1.29, 1.82) is 0 Å². The van der Waals surface area contributed by atoms with Gasteiger partial charge in [-0.25, -0.2) is 0 Å². The normalized spacial score (nSPS) is 20.5. The SMILES string of the molecule is C=C=C(C)C1(C)C=C(C(C)=O)c2cc(OCc3ccc4c(c3C)C[C]3C=C3C4=O)ccc2C1. The number of hydrogen-bond acceptors (Lipinski definition) is 3. The Bertz CT molecular complexity index is 1350. The summed E-state index contributed by atoms with van der Waals surface area (Å²) in [5, 5.41) is 0. The first kappa shape index (κ1) is 21.4. The molecule has 0 amide bonds. The second-order valence-electron chi connectivity index (χ2n) is 9.58. The Morgan fingerprint density at radius 1 is 1.18 bits per heavy atom. The van der Waals surface area contributed by atoms with E-state index in [4.69, 9.17) is 4.74 Å². The summed E-state index contributed by atoms with van der Waals surface area (Å²) in [7, 11) is 0. The minimum absolute atomic E-state index is 0.0388. The van der Waals surface area contributed by atoms with Crippen LogP contribution in [0.5, 0.6) is 5.75 Å². The van der Waals surface area contributed by atoms with Crippen LogP contribution < -0.4 is 4.74 Å². The van der Waals surface area contributed by atoms with E-state index in [0.29, 0.717) is 12.2 Å². The standard InChI is InChI=1S/C30H27O3/c1-6-17(2)30(5)14-20-7-9-23(13-26(20)28(15-30)19(4)31)33-16-21-8-10-24-25(18(21)3)11-22-12-27(22)29(24)32/h7-10,12-13,15H,1,11,14,16H2,2-5H3. The lowest BCUT2D eigenvalue weighted by Gasteiger charge is -2.33. The molecule has 5 rings (SSSR count). The van der Waals surface area contributed by atoms with Gasteiger partial charge in [-0.15, -0.1) is 5.73 Å². The fourth-order valence-corrected chi connectivity index (χ4v) is 5.02. The molecule has 1 unspecified atom stereocenters. The quantitative estimate of drug-likeness (QED) is 0.534. The zero-order chi connectivity index (χ0) is 23.5. The molecular weight excluding hydrogens is 408 g/mol. The summed E-state index contributed by atoms with van der Waals surface area (Å²) in [5.74, 6) is 2.08. The van der Waals surface area contributed by atoms with Crippen molar-refractivity contribution < 1.29 is 14.3 Å². The first-order valence-electron chi connectivity index (χ1n) is 11.3. The van der Waals surface area contributed by atoms with Gasteiger partial charge in [0.2, 0.25) is 0 Å². The molecule has 0 spiro atoms. The summed E-state index contributed by atoms with van der Waals surface area (Å²) in [4.78, 5) is 25.0. The molecule has 0 bridgehead atoms. The maximum atomic E-state index is 12.5. The van der Waals surface area contributed by atoms with Gasteiger partial charge in [0.15, 0.2) is 11.6 Å². The van der Waals surface area contributed by atoms with Crippen molar-refractivity contribution in [2.45, 2.75) is 47.1 Å². The van der Waals surface area contributed by atoms with Gasteiger partial charge in [-0.3, -0.25) is 9.59 Å². The number of rotatable bonds is 5. The Kier molecular flexibility index (Phi) is 4.92. The fourth-order valence-electron chi connectivity index (χ4n) is 5.02. The topological polar surface area (TPSA) is 43.4 Å². The highest BCUT2D eigenvalue weighted by Crippen LogP contribution is 2.45. The molecule has 0 saturated carbocycles. The predicted octanol–water partition coefficient (Wildman–Crippen LogP) is 6.09. The monoisotopic (exact) mass is 435 g/mol. The molecule has 1 radical (unpaired) electrons. The van der Waals surface area contributed by atoms with E-state index in [1.165, 1.54) is 5.92 Å². The average molecular weight is 436 g/mol. The minimum Gasteiger partial charge on any atom is -0.489 e. The van der Waals surface area contributed by atoms with Crippen LogP contribution in [0.1, 0.15) is 58.9 Å². The summed E-state index contributed by atoms with van der Waals surface area (Å²) >= 11 is 0. The Balaban J connectivity index is 1.41. The number of ether oxygens (including phenoxy) is 1. The van der Waals surface area contributed by atoms with E-state index in [1.807, 2.05) is 37.3 Å². The van der Waals surface area contributed by atoms with Crippen molar-refractivity contribution in [2.75, 3.05) is 0 Å². The smallest absolute Gasteiger partial charge is 0.189 e. The lowest BCUT2D eigenvalue weighted by atomic mass is 9.70. The molecule has 0 heterocycles. The first-order chi connectivity index (χ1) is 15.7. The number of fused-ring (bicyclic) bond motifs is 3. The zero-order valence-electron chi connectivity index (χ0n) is 19.6. The Morgan fingerprint density at radius 3 is 2.70 bits per heavy atom. The van der Waals surface area contributed by atoms with Crippen LogP contribution in [0.2, 0.25) is 0 Å². The van der Waals surface area contributed by atoms with Gasteiger partial charge in [0.05, 0.1) is 0 Å². The third-order valence-electron chi connectivity index (χ3n) is 7.44. The van der Waals surface area contributed by atoms with E-state index in [1.54, 1.807) is 6.92 Å². The largest absolute Gasteiger partial charge is 0.489 e. The number of carbonyl (C=O) groups is 2. The van der Waals surface area contributed by atoms with Crippen molar-refractivity contribution in [3.8, 4) is 5.75 Å². The first-order valence-corrected chi connectivity index (χ1v) is 11.3. The third kappa shape index (κ3) is 3.53. The highest BCUT2D eigenvalue weighted by Gasteiger charge is 2.39. The van der Waals surface area contributed by atoms with Crippen LogP contribution in [0.25, 0.3) is 5.57 Å². The number of Topliss-reactive ketones (excluding diaryl/α,β-unsaturated/α-hetero) is 2. The van der Waals surface area contributed by atoms with Crippen molar-refractivity contribution in [3.63, 3.8) is 0 Å². The van der Waals surface area contributed by atoms with Crippen LogP contribution in [0.4, 0.5) is 0 Å². The van der Waals surface area contributed by atoms with Crippen LogP contribution in [0, 0.1) is 18.3 Å². The molecule has 2 aromatic rings. The van der Waals surface area contributed by atoms with Gasteiger partial charge >= 0.3 is 0 Å². The summed E-state index contributed by atoms with van der Waals surface area (Å²) in [6.07, 6.45) is 5.67. The zero-order valence-corrected chi connectivity index (χ0v) is 19.6. The molecule has 0 fully saturated rings. The molecule has 3 nitrogen and oxygen atoms in total.